The minimum Gasteiger partial charge on any atom is -0.545 e. The Balaban J connectivity index is -0.00000000500. The van der Waals surface area contributed by atoms with Gasteiger partial charge in [-0.1, -0.05) is 0 Å². The van der Waals surface area contributed by atoms with Crippen molar-refractivity contribution < 1.29 is 70.9 Å². The molecule has 0 radical (unpaired) electrons. The van der Waals surface area contributed by atoms with Crippen molar-refractivity contribution in [1.29, 1.82) is 0 Å². The SMILES string of the molecule is [CH-]=O.[CH-]=O.[CH-]=O.[CH-]=O.[CH-]=O.[CH-]=O.[Mo].[Mo]. The number of hydrogen-bond donors (Lipinski definition) is 0. The fourth-order valence-electron chi connectivity index (χ4n) is 0. The predicted molar refractivity (Wildman–Crippen MR) is 40.5 cm³/mol. The number of rotatable bonds is 0. The minimum atomic E-state index is 0. The summed E-state index contributed by atoms with van der Waals surface area (Å²) in [6.45, 7) is 19.5. The summed E-state index contributed by atoms with van der Waals surface area (Å²) >= 11 is 0. The third kappa shape index (κ3) is 3380. The maximum atomic E-state index is 7.75. The van der Waals surface area contributed by atoms with E-state index < -0.39 is 0 Å². The molecule has 14 heavy (non-hydrogen) atoms. The maximum Gasteiger partial charge on any atom is 0 e. The summed E-state index contributed by atoms with van der Waals surface area (Å²) in [6.07, 6.45) is 0. The van der Waals surface area contributed by atoms with Crippen LogP contribution in [0.3, 0.4) is 0 Å². The molecule has 8 heteroatoms. The van der Waals surface area contributed by atoms with Gasteiger partial charge in [-0.2, -0.15) is 0 Å². The van der Waals surface area contributed by atoms with Crippen LogP contribution in [0, 0.1) is 0 Å². The Morgan fingerprint density at radius 2 is 0.286 bits per heavy atom. The Hall–Kier alpha value is -0.603. The van der Waals surface area contributed by atoms with Crippen LogP contribution in [-0.2, 0) is 70.9 Å². The van der Waals surface area contributed by atoms with Crippen LogP contribution >= 0.6 is 0 Å². The fourth-order valence-corrected chi connectivity index (χ4v) is 0. The van der Waals surface area contributed by atoms with Crippen LogP contribution in [0.5, 0.6) is 0 Å². The molecule has 0 unspecified atom stereocenters. The first-order chi connectivity index (χ1) is 6.00. The largest absolute Gasteiger partial charge is 0.545 e. The Kier molecular flexibility index (Phi) is 22300. The van der Waals surface area contributed by atoms with E-state index in [1.807, 2.05) is 0 Å². The second kappa shape index (κ2) is 4420. The van der Waals surface area contributed by atoms with Crippen molar-refractivity contribution in [1.82, 2.24) is 0 Å². The molecule has 0 aromatic heterocycles. The van der Waals surface area contributed by atoms with Crippen LogP contribution in [-0.4, -0.2) is 40.7 Å². The van der Waals surface area contributed by atoms with E-state index >= 15 is 0 Å². The van der Waals surface area contributed by atoms with Crippen LogP contribution in [0.2, 0.25) is 0 Å². The molecule has 0 bridgehead atoms. The molecule has 0 aromatic rings. The molecule has 0 aliphatic rings. The molecule has 0 aliphatic heterocycles. The quantitative estimate of drug-likeness (QED) is 0.289. The molecular weight excluding hydrogens is 360 g/mol. The van der Waals surface area contributed by atoms with E-state index in [0.717, 1.165) is 0 Å². The maximum absolute atomic E-state index is 7.75. The van der Waals surface area contributed by atoms with Crippen molar-refractivity contribution in [3.05, 3.63) is 0 Å². The minimum absolute atomic E-state index is 0. The van der Waals surface area contributed by atoms with Gasteiger partial charge in [0.05, 0.1) is 0 Å². The van der Waals surface area contributed by atoms with Gasteiger partial charge in [-0.25, -0.2) is 0 Å². The molecule has 0 rings (SSSR count). The molecule has 0 heterocycles. The van der Waals surface area contributed by atoms with Crippen LogP contribution in [0.25, 0.3) is 0 Å². The second-order valence-electron chi connectivity index (χ2n) is 0. The average Bonchev–Trinajstić information content (AvgIpc) is 2.33. The normalized spacial score (nSPS) is 1.71. The topological polar surface area (TPSA) is 102 Å². The van der Waals surface area contributed by atoms with Gasteiger partial charge in [-0.05, 0) is 0 Å². The summed E-state index contributed by atoms with van der Waals surface area (Å²) in [5, 5.41) is 0. The first-order valence-electron chi connectivity index (χ1n) is 1.41. The van der Waals surface area contributed by atoms with Gasteiger partial charge in [0.2, 0.25) is 0 Å². The van der Waals surface area contributed by atoms with Gasteiger partial charge in [0.15, 0.2) is 0 Å². The van der Waals surface area contributed by atoms with E-state index in [9.17, 15) is 0 Å². The number of carbonyl (C=O) groups excluding carboxylic acids is 6. The van der Waals surface area contributed by atoms with Gasteiger partial charge >= 0.3 is 0 Å². The van der Waals surface area contributed by atoms with Crippen LogP contribution in [0.15, 0.2) is 0 Å². The van der Waals surface area contributed by atoms with Gasteiger partial charge in [-0.3, -0.25) is 40.7 Å². The van der Waals surface area contributed by atoms with E-state index in [2.05, 4.69) is 40.7 Å². The smallest absolute Gasteiger partial charge is 0 e. The fraction of sp³-hybridized carbons (Fsp3) is 0. The molecule has 0 fully saturated rings. The summed E-state index contributed by atoms with van der Waals surface area (Å²) in [6, 6.07) is 0. The van der Waals surface area contributed by atoms with Crippen molar-refractivity contribution in [2.45, 2.75) is 0 Å². The predicted octanol–water partition coefficient (Wildman–Crippen LogP) is -1.65. The van der Waals surface area contributed by atoms with Crippen molar-refractivity contribution >= 4 is 40.7 Å². The molecule has 0 saturated heterocycles. The third-order valence-electron chi connectivity index (χ3n) is 0. The molecule has 0 amide bonds. The van der Waals surface area contributed by atoms with Crippen molar-refractivity contribution in [3.8, 4) is 0 Å². The van der Waals surface area contributed by atoms with Gasteiger partial charge in [0.25, 0.3) is 0 Å². The van der Waals surface area contributed by atoms with E-state index in [0.29, 0.717) is 0 Å². The molecular formula is C6H6Mo2O6-6. The Morgan fingerprint density at radius 1 is 0.286 bits per heavy atom. The van der Waals surface area contributed by atoms with Gasteiger partial charge < -0.3 is 28.8 Å². The standard InChI is InChI=1S/6CHO.2Mo/c6*1-2;;/h6*1H;;/q6*-1;;. The summed E-state index contributed by atoms with van der Waals surface area (Å²) in [5.74, 6) is 0. The summed E-state index contributed by atoms with van der Waals surface area (Å²) < 4.78 is 0. The van der Waals surface area contributed by atoms with Crippen LogP contribution < -0.4 is 0 Å². The molecule has 0 aliphatic carbocycles. The first-order valence-corrected chi connectivity index (χ1v) is 1.41. The molecule has 84 valence electrons. The van der Waals surface area contributed by atoms with Crippen molar-refractivity contribution in [2.75, 3.05) is 0 Å². The second-order valence-corrected chi connectivity index (χ2v) is 0. The molecule has 0 atom stereocenters. The summed E-state index contributed by atoms with van der Waals surface area (Å²) in [7, 11) is 0. The molecule has 0 spiro atoms. The van der Waals surface area contributed by atoms with Crippen molar-refractivity contribution in [3.63, 3.8) is 0 Å². The zero-order chi connectivity index (χ0) is 12.0. The van der Waals surface area contributed by atoms with Gasteiger partial charge in [-0.15, -0.1) is 0 Å². The number of hydrogen-bond acceptors (Lipinski definition) is 6. The van der Waals surface area contributed by atoms with E-state index in [-0.39, 0.29) is 42.1 Å². The monoisotopic (exact) mass is 370 g/mol. The van der Waals surface area contributed by atoms with Gasteiger partial charge in [0, 0.05) is 42.1 Å². The molecule has 0 aromatic carbocycles. The van der Waals surface area contributed by atoms with Gasteiger partial charge in [0.1, 0.15) is 0 Å². The zero-order valence-corrected chi connectivity index (χ0v) is 10.7. The average molecular weight is 366 g/mol. The molecule has 0 saturated carbocycles. The Bertz CT molecular complexity index is 35.8. The first kappa shape index (κ1) is 70.7. The van der Waals surface area contributed by atoms with E-state index in [1.54, 1.807) is 0 Å². The van der Waals surface area contributed by atoms with E-state index in [4.69, 9.17) is 28.8 Å². The molecule has 6 nitrogen and oxygen atoms in total. The van der Waals surface area contributed by atoms with Crippen LogP contribution in [0.1, 0.15) is 0 Å². The third-order valence-corrected chi connectivity index (χ3v) is 0. The Labute approximate surface area is 111 Å². The van der Waals surface area contributed by atoms with E-state index in [1.165, 1.54) is 0 Å². The summed E-state index contributed by atoms with van der Waals surface area (Å²) in [4.78, 5) is 46.5. The summed E-state index contributed by atoms with van der Waals surface area (Å²) in [5.41, 5.74) is 0. The Morgan fingerprint density at radius 3 is 0.286 bits per heavy atom. The van der Waals surface area contributed by atoms with Crippen molar-refractivity contribution in [2.24, 2.45) is 0 Å². The zero-order valence-electron chi connectivity index (χ0n) is 6.73. The van der Waals surface area contributed by atoms with Crippen LogP contribution in [0.4, 0.5) is 0 Å². The molecule has 0 N–H and O–H groups in total.